The van der Waals surface area contributed by atoms with E-state index in [0.717, 1.165) is 10.0 Å². The second-order valence-electron chi connectivity index (χ2n) is 4.88. The normalized spacial score (nSPS) is 11.5. The van der Waals surface area contributed by atoms with E-state index < -0.39 is 10.0 Å². The van der Waals surface area contributed by atoms with E-state index in [1.165, 1.54) is 0 Å². The summed E-state index contributed by atoms with van der Waals surface area (Å²) < 4.78 is 28.7. The largest absolute Gasteiger partial charge is 0.279 e. The van der Waals surface area contributed by atoms with Crippen LogP contribution in [-0.4, -0.2) is 8.42 Å². The molecule has 0 heterocycles. The molecule has 0 saturated heterocycles. The van der Waals surface area contributed by atoms with Crippen LogP contribution in [0.25, 0.3) is 0 Å². The van der Waals surface area contributed by atoms with E-state index in [1.807, 2.05) is 6.92 Å². The molecule has 0 aliphatic rings. The molecule has 112 valence electrons. The van der Waals surface area contributed by atoms with E-state index >= 15 is 0 Å². The quantitative estimate of drug-likeness (QED) is 0.818. The minimum atomic E-state index is -3.65. The summed E-state index contributed by atoms with van der Waals surface area (Å²) in [7, 11) is -3.65. The zero-order chi connectivity index (χ0) is 15.8. The third-order valence-electron chi connectivity index (χ3n) is 3.26. The topological polar surface area (TPSA) is 46.2 Å². The summed E-state index contributed by atoms with van der Waals surface area (Å²) >= 11 is 9.43. The van der Waals surface area contributed by atoms with Crippen LogP contribution in [0.15, 0.2) is 39.7 Å². The van der Waals surface area contributed by atoms with Gasteiger partial charge in [0.25, 0.3) is 10.0 Å². The van der Waals surface area contributed by atoms with Gasteiger partial charge in [-0.05, 0) is 61.7 Å². The molecule has 0 amide bonds. The average Bonchev–Trinajstić information content (AvgIpc) is 2.39. The van der Waals surface area contributed by atoms with Crippen molar-refractivity contribution in [1.29, 1.82) is 0 Å². The number of hydrogen-bond donors (Lipinski definition) is 1. The van der Waals surface area contributed by atoms with Crippen LogP contribution in [0.1, 0.15) is 16.7 Å². The SMILES string of the molecule is Cc1cc(S(=O)(=O)Nc2cccc(Cl)c2C)c(C)cc1Br. The van der Waals surface area contributed by atoms with Gasteiger partial charge in [-0.15, -0.1) is 0 Å². The molecule has 0 aliphatic carbocycles. The Morgan fingerprint density at radius 1 is 1.10 bits per heavy atom. The smallest absolute Gasteiger partial charge is 0.262 e. The molecule has 0 aliphatic heterocycles. The van der Waals surface area contributed by atoms with Gasteiger partial charge in [0, 0.05) is 9.50 Å². The van der Waals surface area contributed by atoms with Gasteiger partial charge in [-0.1, -0.05) is 33.6 Å². The van der Waals surface area contributed by atoms with E-state index in [2.05, 4.69) is 20.7 Å². The fourth-order valence-electron chi connectivity index (χ4n) is 1.96. The third-order valence-corrected chi connectivity index (χ3v) is 6.03. The van der Waals surface area contributed by atoms with Crippen molar-refractivity contribution < 1.29 is 8.42 Å². The molecule has 3 nitrogen and oxygen atoms in total. The van der Waals surface area contributed by atoms with Crippen molar-refractivity contribution >= 4 is 43.2 Å². The Hall–Kier alpha value is -1.04. The third kappa shape index (κ3) is 3.42. The Labute approximate surface area is 138 Å². The predicted octanol–water partition coefficient (Wildman–Crippen LogP) is 4.83. The second kappa shape index (κ2) is 5.99. The number of sulfonamides is 1. The van der Waals surface area contributed by atoms with Gasteiger partial charge in [0.1, 0.15) is 0 Å². The fraction of sp³-hybridized carbons (Fsp3) is 0.200. The summed E-state index contributed by atoms with van der Waals surface area (Å²) in [4.78, 5) is 0.266. The van der Waals surface area contributed by atoms with Gasteiger partial charge in [0.05, 0.1) is 10.6 Å². The van der Waals surface area contributed by atoms with E-state index in [1.54, 1.807) is 44.2 Å². The summed E-state index contributed by atoms with van der Waals surface area (Å²) in [5.41, 5.74) is 2.74. The molecule has 0 bridgehead atoms. The molecule has 21 heavy (non-hydrogen) atoms. The van der Waals surface area contributed by atoms with E-state index in [4.69, 9.17) is 11.6 Å². The molecule has 0 fully saturated rings. The number of anilines is 1. The lowest BCUT2D eigenvalue weighted by Gasteiger charge is -2.14. The van der Waals surface area contributed by atoms with Crippen molar-refractivity contribution in [3.8, 4) is 0 Å². The average molecular weight is 389 g/mol. The van der Waals surface area contributed by atoms with Crippen LogP contribution in [0.3, 0.4) is 0 Å². The maximum Gasteiger partial charge on any atom is 0.262 e. The van der Waals surface area contributed by atoms with Crippen LogP contribution in [0.4, 0.5) is 5.69 Å². The summed E-state index contributed by atoms with van der Waals surface area (Å²) in [6, 6.07) is 8.59. The first-order valence-electron chi connectivity index (χ1n) is 6.27. The number of rotatable bonds is 3. The first-order valence-corrected chi connectivity index (χ1v) is 8.92. The van der Waals surface area contributed by atoms with E-state index in [-0.39, 0.29) is 4.90 Å². The highest BCUT2D eigenvalue weighted by molar-refractivity contribution is 9.10. The lowest BCUT2D eigenvalue weighted by molar-refractivity contribution is 0.600. The molecule has 2 aromatic carbocycles. The second-order valence-corrected chi connectivity index (χ2v) is 7.80. The first-order chi connectivity index (χ1) is 9.72. The number of nitrogens with one attached hydrogen (secondary N) is 1. The Kier molecular flexibility index (Phi) is 4.66. The molecular weight excluding hydrogens is 374 g/mol. The lowest BCUT2D eigenvalue weighted by atomic mass is 10.2. The summed E-state index contributed by atoms with van der Waals surface area (Å²) in [5.74, 6) is 0. The van der Waals surface area contributed by atoms with Crippen molar-refractivity contribution in [2.24, 2.45) is 0 Å². The number of aryl methyl sites for hydroxylation is 2. The van der Waals surface area contributed by atoms with Crippen LogP contribution in [-0.2, 0) is 10.0 Å². The van der Waals surface area contributed by atoms with Crippen LogP contribution >= 0.6 is 27.5 Å². The molecule has 2 aromatic rings. The molecule has 1 N–H and O–H groups in total. The zero-order valence-corrected chi connectivity index (χ0v) is 15.0. The van der Waals surface area contributed by atoms with Gasteiger partial charge in [0.15, 0.2) is 0 Å². The zero-order valence-electron chi connectivity index (χ0n) is 11.9. The van der Waals surface area contributed by atoms with Crippen molar-refractivity contribution in [2.75, 3.05) is 4.72 Å². The van der Waals surface area contributed by atoms with Crippen molar-refractivity contribution in [1.82, 2.24) is 0 Å². The highest BCUT2D eigenvalue weighted by Crippen LogP contribution is 2.28. The summed E-state index contributed by atoms with van der Waals surface area (Å²) in [5, 5.41) is 0.527. The van der Waals surface area contributed by atoms with E-state index in [9.17, 15) is 8.42 Å². The summed E-state index contributed by atoms with van der Waals surface area (Å²) in [6.45, 7) is 5.40. The van der Waals surface area contributed by atoms with Gasteiger partial charge in [-0.25, -0.2) is 8.42 Å². The van der Waals surface area contributed by atoms with Crippen LogP contribution in [0.5, 0.6) is 0 Å². The molecule has 2 rings (SSSR count). The van der Waals surface area contributed by atoms with Gasteiger partial charge in [-0.3, -0.25) is 4.72 Å². The van der Waals surface area contributed by atoms with Crippen LogP contribution in [0.2, 0.25) is 5.02 Å². The van der Waals surface area contributed by atoms with E-state index in [0.29, 0.717) is 21.8 Å². The Morgan fingerprint density at radius 3 is 2.43 bits per heavy atom. The van der Waals surface area contributed by atoms with Gasteiger partial charge in [-0.2, -0.15) is 0 Å². The minimum Gasteiger partial charge on any atom is -0.279 e. The number of benzene rings is 2. The predicted molar refractivity (Wildman–Crippen MR) is 90.6 cm³/mol. The molecule has 0 aromatic heterocycles. The van der Waals surface area contributed by atoms with Gasteiger partial charge < -0.3 is 0 Å². The van der Waals surface area contributed by atoms with Gasteiger partial charge >= 0.3 is 0 Å². The van der Waals surface area contributed by atoms with Crippen LogP contribution in [0, 0.1) is 20.8 Å². The maximum absolute atomic E-state index is 12.6. The Bertz CT molecular complexity index is 804. The number of hydrogen-bond acceptors (Lipinski definition) is 2. The molecule has 0 atom stereocenters. The van der Waals surface area contributed by atoms with Gasteiger partial charge in [0.2, 0.25) is 0 Å². The molecule has 6 heteroatoms. The Morgan fingerprint density at radius 2 is 1.76 bits per heavy atom. The molecule has 0 spiro atoms. The Balaban J connectivity index is 2.48. The maximum atomic E-state index is 12.6. The molecule has 0 unspecified atom stereocenters. The molecule has 0 saturated carbocycles. The number of halogens is 2. The lowest BCUT2D eigenvalue weighted by Crippen LogP contribution is -2.15. The molecule has 0 radical (unpaired) electrons. The first kappa shape index (κ1) is 16.3. The van der Waals surface area contributed by atoms with Crippen molar-refractivity contribution in [3.05, 3.63) is 56.5 Å². The standard InChI is InChI=1S/C15H15BrClNO2S/c1-9-8-15(10(2)7-12(9)16)21(19,20)18-14-6-4-5-13(17)11(14)3/h4-8,18H,1-3H3. The summed E-state index contributed by atoms with van der Waals surface area (Å²) in [6.07, 6.45) is 0. The monoisotopic (exact) mass is 387 g/mol. The van der Waals surface area contributed by atoms with Crippen molar-refractivity contribution in [2.45, 2.75) is 25.7 Å². The fourth-order valence-corrected chi connectivity index (χ4v) is 4.03. The highest BCUT2D eigenvalue weighted by Gasteiger charge is 2.19. The molecular formula is C15H15BrClNO2S. The highest BCUT2D eigenvalue weighted by atomic mass is 79.9. The van der Waals surface area contributed by atoms with Crippen LogP contribution < -0.4 is 4.72 Å². The van der Waals surface area contributed by atoms with Crippen molar-refractivity contribution in [3.63, 3.8) is 0 Å². The minimum absolute atomic E-state index is 0.266.